The number of hydrogen-bond acceptors (Lipinski definition) is 6. The number of methoxy groups -OCH3 is 2. The number of halogens is 2. The standard InChI is InChI=1S/C15H16Cl2O6/c1-20-9-13(15(19)21-2)23-12-5-4-10(17)8-11(12)14(18)22-7-3-6-16/h4-5,8-9H,3,6-7H2,1-2H3. The van der Waals surface area contributed by atoms with Crippen molar-refractivity contribution >= 4 is 35.1 Å². The molecule has 0 spiro atoms. The SMILES string of the molecule is COC=C(Oc1ccc(Cl)cc1C(=O)OCCCCl)C(=O)OC. The van der Waals surface area contributed by atoms with Gasteiger partial charge in [-0.15, -0.1) is 11.6 Å². The summed E-state index contributed by atoms with van der Waals surface area (Å²) < 4.78 is 19.8. The molecule has 0 amide bonds. The lowest BCUT2D eigenvalue weighted by Crippen LogP contribution is -2.14. The second-order valence-electron chi connectivity index (χ2n) is 4.13. The van der Waals surface area contributed by atoms with Gasteiger partial charge >= 0.3 is 11.9 Å². The fraction of sp³-hybridized carbons (Fsp3) is 0.333. The molecule has 0 unspecified atom stereocenters. The summed E-state index contributed by atoms with van der Waals surface area (Å²) in [4.78, 5) is 23.7. The fourth-order valence-corrected chi connectivity index (χ4v) is 1.77. The monoisotopic (exact) mass is 362 g/mol. The third-order valence-electron chi connectivity index (χ3n) is 2.50. The molecule has 1 aromatic rings. The van der Waals surface area contributed by atoms with Gasteiger partial charge < -0.3 is 18.9 Å². The van der Waals surface area contributed by atoms with E-state index in [4.69, 9.17) is 37.4 Å². The predicted molar refractivity (Wildman–Crippen MR) is 84.8 cm³/mol. The lowest BCUT2D eigenvalue weighted by molar-refractivity contribution is -0.138. The first kappa shape index (κ1) is 19.1. The number of esters is 2. The van der Waals surface area contributed by atoms with Gasteiger partial charge in [-0.25, -0.2) is 9.59 Å². The molecule has 0 bridgehead atoms. The van der Waals surface area contributed by atoms with Crippen molar-refractivity contribution in [3.63, 3.8) is 0 Å². The van der Waals surface area contributed by atoms with Crippen LogP contribution < -0.4 is 4.74 Å². The maximum absolute atomic E-state index is 12.1. The van der Waals surface area contributed by atoms with Crippen LogP contribution >= 0.6 is 23.2 Å². The Morgan fingerprint density at radius 2 is 2.00 bits per heavy atom. The molecule has 0 heterocycles. The Labute approximate surface area is 143 Å². The van der Waals surface area contributed by atoms with Gasteiger partial charge in [0.25, 0.3) is 0 Å². The predicted octanol–water partition coefficient (Wildman–Crippen LogP) is 3.17. The molecule has 0 fully saturated rings. The highest BCUT2D eigenvalue weighted by molar-refractivity contribution is 6.31. The first-order valence-electron chi connectivity index (χ1n) is 6.55. The van der Waals surface area contributed by atoms with Crippen LogP contribution in [0.3, 0.4) is 0 Å². The van der Waals surface area contributed by atoms with Gasteiger partial charge in [0.2, 0.25) is 5.76 Å². The van der Waals surface area contributed by atoms with Crippen molar-refractivity contribution in [1.82, 2.24) is 0 Å². The molecule has 8 heteroatoms. The van der Waals surface area contributed by atoms with Gasteiger partial charge in [-0.05, 0) is 24.6 Å². The van der Waals surface area contributed by atoms with Crippen molar-refractivity contribution in [3.05, 3.63) is 40.8 Å². The molecular weight excluding hydrogens is 347 g/mol. The topological polar surface area (TPSA) is 71.1 Å². The van der Waals surface area contributed by atoms with Crippen LogP contribution in [0.1, 0.15) is 16.8 Å². The Balaban J connectivity index is 3.04. The highest BCUT2D eigenvalue weighted by Gasteiger charge is 2.20. The van der Waals surface area contributed by atoms with E-state index in [9.17, 15) is 9.59 Å². The van der Waals surface area contributed by atoms with E-state index in [0.29, 0.717) is 17.3 Å². The molecule has 0 atom stereocenters. The molecule has 0 aliphatic carbocycles. The summed E-state index contributed by atoms with van der Waals surface area (Å²) >= 11 is 11.4. The number of carbonyl (C=O) groups excluding carboxylic acids is 2. The molecule has 6 nitrogen and oxygen atoms in total. The number of rotatable bonds is 8. The zero-order chi connectivity index (χ0) is 17.2. The Morgan fingerprint density at radius 3 is 2.61 bits per heavy atom. The summed E-state index contributed by atoms with van der Waals surface area (Å²) in [5, 5.41) is 0.317. The molecule has 0 aliphatic rings. The van der Waals surface area contributed by atoms with E-state index in [2.05, 4.69) is 4.74 Å². The van der Waals surface area contributed by atoms with Crippen molar-refractivity contribution in [3.8, 4) is 5.75 Å². The third-order valence-corrected chi connectivity index (χ3v) is 3.01. The van der Waals surface area contributed by atoms with Gasteiger partial charge in [0.1, 0.15) is 17.6 Å². The van der Waals surface area contributed by atoms with Gasteiger partial charge in [-0.2, -0.15) is 0 Å². The van der Waals surface area contributed by atoms with Crippen LogP contribution in [0.2, 0.25) is 5.02 Å². The quantitative estimate of drug-likeness (QED) is 0.232. The number of benzene rings is 1. The van der Waals surface area contributed by atoms with E-state index < -0.39 is 11.9 Å². The zero-order valence-corrected chi connectivity index (χ0v) is 14.1. The molecule has 1 aromatic carbocycles. The van der Waals surface area contributed by atoms with Crippen LogP contribution in [-0.4, -0.2) is 38.6 Å². The second-order valence-corrected chi connectivity index (χ2v) is 4.94. The van der Waals surface area contributed by atoms with E-state index in [-0.39, 0.29) is 23.7 Å². The molecule has 0 radical (unpaired) electrons. The highest BCUT2D eigenvalue weighted by Crippen LogP contribution is 2.26. The van der Waals surface area contributed by atoms with Gasteiger partial charge in [-0.1, -0.05) is 11.6 Å². The summed E-state index contributed by atoms with van der Waals surface area (Å²) in [7, 11) is 2.54. The molecular formula is C15H16Cl2O6. The summed E-state index contributed by atoms with van der Waals surface area (Å²) in [6, 6.07) is 4.32. The maximum atomic E-state index is 12.1. The van der Waals surface area contributed by atoms with Crippen molar-refractivity contribution in [1.29, 1.82) is 0 Å². The minimum Gasteiger partial charge on any atom is -0.500 e. The van der Waals surface area contributed by atoms with Gasteiger partial charge in [0.05, 0.1) is 20.8 Å². The van der Waals surface area contributed by atoms with E-state index in [1.165, 1.54) is 32.4 Å². The van der Waals surface area contributed by atoms with Crippen LogP contribution in [0.5, 0.6) is 5.75 Å². The van der Waals surface area contributed by atoms with Crippen molar-refractivity contribution in [2.75, 3.05) is 26.7 Å². The first-order valence-corrected chi connectivity index (χ1v) is 7.46. The lowest BCUT2D eigenvalue weighted by Gasteiger charge is -2.12. The zero-order valence-electron chi connectivity index (χ0n) is 12.6. The Bertz CT molecular complexity index is 585. The number of alkyl halides is 1. The normalized spacial score (nSPS) is 10.9. The largest absolute Gasteiger partial charge is 0.500 e. The Morgan fingerprint density at radius 1 is 1.26 bits per heavy atom. The average molecular weight is 363 g/mol. The molecule has 0 aromatic heterocycles. The Kier molecular flexibility index (Phi) is 8.29. The van der Waals surface area contributed by atoms with E-state index in [1.54, 1.807) is 0 Å². The minimum atomic E-state index is -0.761. The van der Waals surface area contributed by atoms with Crippen LogP contribution in [0.15, 0.2) is 30.2 Å². The molecule has 0 N–H and O–H groups in total. The smallest absolute Gasteiger partial charge is 0.377 e. The third kappa shape index (κ3) is 6.00. The first-order chi connectivity index (χ1) is 11.0. The van der Waals surface area contributed by atoms with Crippen LogP contribution in [-0.2, 0) is 19.0 Å². The summed E-state index contributed by atoms with van der Waals surface area (Å²) in [6.45, 7) is 0.159. The molecule has 23 heavy (non-hydrogen) atoms. The summed E-state index contributed by atoms with van der Waals surface area (Å²) in [6.07, 6.45) is 1.57. The molecule has 0 aliphatic heterocycles. The number of carbonyl (C=O) groups is 2. The van der Waals surface area contributed by atoms with Crippen LogP contribution in [0, 0.1) is 0 Å². The number of hydrogen-bond donors (Lipinski definition) is 0. The van der Waals surface area contributed by atoms with Crippen molar-refractivity contribution < 1.29 is 28.5 Å². The van der Waals surface area contributed by atoms with Crippen LogP contribution in [0.25, 0.3) is 0 Å². The molecule has 0 saturated heterocycles. The summed E-state index contributed by atoms with van der Waals surface area (Å²) in [5.41, 5.74) is 0.0676. The second kappa shape index (κ2) is 9.97. The van der Waals surface area contributed by atoms with Crippen molar-refractivity contribution in [2.24, 2.45) is 0 Å². The van der Waals surface area contributed by atoms with Gasteiger partial charge in [-0.3, -0.25) is 0 Å². The van der Waals surface area contributed by atoms with E-state index in [1.807, 2.05) is 0 Å². The van der Waals surface area contributed by atoms with Crippen molar-refractivity contribution in [2.45, 2.75) is 6.42 Å². The summed E-state index contributed by atoms with van der Waals surface area (Å²) in [5.74, 6) is -1.18. The average Bonchev–Trinajstić information content (AvgIpc) is 2.55. The Hall–Kier alpha value is -1.92. The van der Waals surface area contributed by atoms with E-state index in [0.717, 1.165) is 6.26 Å². The van der Waals surface area contributed by atoms with Gasteiger partial charge in [0.15, 0.2) is 0 Å². The fourth-order valence-electron chi connectivity index (χ4n) is 1.49. The lowest BCUT2D eigenvalue weighted by atomic mass is 10.2. The maximum Gasteiger partial charge on any atom is 0.377 e. The minimum absolute atomic E-state index is 0.0676. The molecule has 1 rings (SSSR count). The molecule has 126 valence electrons. The van der Waals surface area contributed by atoms with Gasteiger partial charge in [0, 0.05) is 10.9 Å². The van der Waals surface area contributed by atoms with E-state index >= 15 is 0 Å². The highest BCUT2D eigenvalue weighted by atomic mass is 35.5. The molecule has 0 saturated carbocycles. The van der Waals surface area contributed by atoms with Crippen LogP contribution in [0.4, 0.5) is 0 Å². The number of ether oxygens (including phenoxy) is 4.